The SMILES string of the molecule is O=C(NCCCCCCO)OC1CCCCN1C(=O)Oc1ccc(Oc2ccccc2)cc1. The van der Waals surface area contributed by atoms with E-state index < -0.39 is 18.4 Å². The molecule has 1 aliphatic heterocycles. The first-order valence-electron chi connectivity index (χ1n) is 11.5. The molecular weight excluding hydrogens is 424 g/mol. The van der Waals surface area contributed by atoms with Crippen LogP contribution in [0.3, 0.4) is 0 Å². The van der Waals surface area contributed by atoms with E-state index in [-0.39, 0.29) is 6.61 Å². The number of aliphatic hydroxyl groups is 1. The van der Waals surface area contributed by atoms with Gasteiger partial charge in [-0.1, -0.05) is 31.0 Å². The van der Waals surface area contributed by atoms with Crippen LogP contribution in [0.1, 0.15) is 44.9 Å². The van der Waals surface area contributed by atoms with Crippen LogP contribution in [0.5, 0.6) is 17.2 Å². The maximum Gasteiger partial charge on any atom is 0.418 e. The van der Waals surface area contributed by atoms with Gasteiger partial charge in [-0.25, -0.2) is 9.59 Å². The van der Waals surface area contributed by atoms with E-state index in [2.05, 4.69) is 5.32 Å². The molecule has 8 nitrogen and oxygen atoms in total. The van der Waals surface area contributed by atoms with Crippen LogP contribution < -0.4 is 14.8 Å². The summed E-state index contributed by atoms with van der Waals surface area (Å²) in [7, 11) is 0. The van der Waals surface area contributed by atoms with Crippen molar-refractivity contribution in [1.82, 2.24) is 10.2 Å². The first-order chi connectivity index (χ1) is 16.2. The summed E-state index contributed by atoms with van der Waals surface area (Å²) in [5.41, 5.74) is 0. The van der Waals surface area contributed by atoms with E-state index in [1.165, 1.54) is 4.90 Å². The van der Waals surface area contributed by atoms with Crippen molar-refractivity contribution in [3.05, 3.63) is 54.6 Å². The van der Waals surface area contributed by atoms with Gasteiger partial charge in [0.2, 0.25) is 0 Å². The van der Waals surface area contributed by atoms with Crippen LogP contribution in [0, 0.1) is 0 Å². The van der Waals surface area contributed by atoms with Crippen molar-refractivity contribution in [3.8, 4) is 17.2 Å². The Morgan fingerprint density at radius 2 is 1.61 bits per heavy atom. The minimum Gasteiger partial charge on any atom is -0.457 e. The Morgan fingerprint density at radius 3 is 2.36 bits per heavy atom. The summed E-state index contributed by atoms with van der Waals surface area (Å²) in [6, 6.07) is 16.2. The zero-order valence-electron chi connectivity index (χ0n) is 18.8. The molecule has 0 spiro atoms. The summed E-state index contributed by atoms with van der Waals surface area (Å²) in [4.78, 5) is 26.3. The molecule has 1 aliphatic rings. The third-order valence-corrected chi connectivity index (χ3v) is 5.29. The number of nitrogens with one attached hydrogen (secondary N) is 1. The van der Waals surface area contributed by atoms with Crippen LogP contribution in [0.25, 0.3) is 0 Å². The number of carbonyl (C=O) groups is 2. The standard InChI is InChI=1S/C25H32N2O6/c28-19-9-2-1-7-17-26-24(29)33-23-12-6-8-18-27(23)25(30)32-22-15-13-21(14-16-22)31-20-10-4-3-5-11-20/h3-5,10-11,13-16,23,28H,1-2,6-9,12,17-19H2,(H,26,29). The lowest BCUT2D eigenvalue weighted by atomic mass is 10.1. The highest BCUT2D eigenvalue weighted by Crippen LogP contribution is 2.25. The summed E-state index contributed by atoms with van der Waals surface area (Å²) in [6.45, 7) is 1.15. The second kappa shape index (κ2) is 13.3. The normalized spacial score (nSPS) is 15.5. The lowest BCUT2D eigenvalue weighted by Crippen LogP contribution is -2.48. The molecule has 3 rings (SSSR count). The molecule has 0 bridgehead atoms. The Balaban J connectivity index is 1.46. The number of ether oxygens (including phenoxy) is 3. The number of hydrogen-bond donors (Lipinski definition) is 2. The summed E-state index contributed by atoms with van der Waals surface area (Å²) in [5, 5.41) is 11.5. The van der Waals surface area contributed by atoms with Crippen LogP contribution in [0.15, 0.2) is 54.6 Å². The second-order valence-electron chi connectivity index (χ2n) is 7.87. The minimum absolute atomic E-state index is 0.189. The van der Waals surface area contributed by atoms with E-state index in [4.69, 9.17) is 19.3 Å². The van der Waals surface area contributed by atoms with Crippen molar-refractivity contribution < 1.29 is 28.9 Å². The predicted octanol–water partition coefficient (Wildman–Crippen LogP) is 5.07. The average molecular weight is 457 g/mol. The lowest BCUT2D eigenvalue weighted by Gasteiger charge is -2.33. The molecule has 2 N–H and O–H groups in total. The van der Waals surface area contributed by atoms with Gasteiger partial charge in [0.05, 0.1) is 0 Å². The molecule has 178 valence electrons. The Hall–Kier alpha value is -3.26. The molecule has 1 heterocycles. The van der Waals surface area contributed by atoms with Crippen molar-refractivity contribution in [2.24, 2.45) is 0 Å². The van der Waals surface area contributed by atoms with Gasteiger partial charge in [0.1, 0.15) is 17.2 Å². The molecule has 2 aromatic rings. The van der Waals surface area contributed by atoms with Crippen molar-refractivity contribution in [1.29, 1.82) is 0 Å². The number of benzene rings is 2. The number of nitrogens with zero attached hydrogens (tertiary/aromatic N) is 1. The minimum atomic E-state index is -0.652. The van der Waals surface area contributed by atoms with Crippen molar-refractivity contribution in [3.63, 3.8) is 0 Å². The summed E-state index contributed by atoms with van der Waals surface area (Å²) >= 11 is 0. The van der Waals surface area contributed by atoms with Crippen LogP contribution >= 0.6 is 0 Å². The fourth-order valence-electron chi connectivity index (χ4n) is 3.54. The zero-order chi connectivity index (χ0) is 23.3. The molecular formula is C25H32N2O6. The monoisotopic (exact) mass is 456 g/mol. The summed E-state index contributed by atoms with van der Waals surface area (Å²) in [5.74, 6) is 1.74. The number of aliphatic hydroxyl groups excluding tert-OH is 1. The predicted molar refractivity (Wildman–Crippen MR) is 123 cm³/mol. The molecule has 0 saturated carbocycles. The molecule has 0 aliphatic carbocycles. The first-order valence-corrected chi connectivity index (χ1v) is 11.5. The number of hydrogen-bond acceptors (Lipinski definition) is 6. The highest BCUT2D eigenvalue weighted by atomic mass is 16.6. The quantitative estimate of drug-likeness (QED) is 0.485. The number of piperidine rings is 1. The van der Waals surface area contributed by atoms with Gasteiger partial charge in [0, 0.05) is 26.1 Å². The molecule has 1 fully saturated rings. The Labute approximate surface area is 194 Å². The van der Waals surface area contributed by atoms with Gasteiger partial charge in [-0.2, -0.15) is 0 Å². The number of amides is 2. The van der Waals surface area contributed by atoms with Crippen LogP contribution in [-0.4, -0.2) is 48.1 Å². The van der Waals surface area contributed by atoms with Crippen LogP contribution in [-0.2, 0) is 4.74 Å². The highest BCUT2D eigenvalue weighted by Gasteiger charge is 2.31. The summed E-state index contributed by atoms with van der Waals surface area (Å²) in [6.07, 6.45) is 3.97. The van der Waals surface area contributed by atoms with Gasteiger partial charge in [-0.15, -0.1) is 0 Å². The maximum absolute atomic E-state index is 12.7. The van der Waals surface area contributed by atoms with E-state index >= 15 is 0 Å². The number of rotatable bonds is 10. The maximum atomic E-state index is 12.7. The molecule has 2 aromatic carbocycles. The molecule has 0 aromatic heterocycles. The smallest absolute Gasteiger partial charge is 0.418 e. The highest BCUT2D eigenvalue weighted by molar-refractivity contribution is 5.72. The molecule has 1 atom stereocenters. The van der Waals surface area contributed by atoms with E-state index in [0.717, 1.165) is 44.3 Å². The van der Waals surface area contributed by atoms with Crippen molar-refractivity contribution in [2.45, 2.75) is 51.2 Å². The van der Waals surface area contributed by atoms with E-state index in [9.17, 15) is 9.59 Å². The number of unbranched alkanes of at least 4 members (excludes halogenated alkanes) is 3. The van der Waals surface area contributed by atoms with Crippen molar-refractivity contribution in [2.75, 3.05) is 19.7 Å². The number of para-hydroxylation sites is 1. The Morgan fingerprint density at radius 1 is 0.909 bits per heavy atom. The summed E-state index contributed by atoms with van der Waals surface area (Å²) < 4.78 is 16.7. The third-order valence-electron chi connectivity index (χ3n) is 5.29. The largest absolute Gasteiger partial charge is 0.457 e. The number of carbonyl (C=O) groups excluding carboxylic acids is 2. The Kier molecular flexibility index (Phi) is 9.85. The average Bonchev–Trinajstić information content (AvgIpc) is 2.83. The molecule has 8 heteroatoms. The van der Waals surface area contributed by atoms with Gasteiger partial charge in [-0.3, -0.25) is 4.90 Å². The van der Waals surface area contributed by atoms with Gasteiger partial charge in [0.25, 0.3) is 0 Å². The molecule has 0 radical (unpaired) electrons. The van der Waals surface area contributed by atoms with E-state index in [1.807, 2.05) is 30.3 Å². The zero-order valence-corrected chi connectivity index (χ0v) is 18.8. The molecule has 1 unspecified atom stereocenters. The van der Waals surface area contributed by atoms with Gasteiger partial charge in [-0.05, 0) is 62.1 Å². The van der Waals surface area contributed by atoms with Crippen molar-refractivity contribution >= 4 is 12.2 Å². The third kappa shape index (κ3) is 8.31. The molecule has 1 saturated heterocycles. The second-order valence-corrected chi connectivity index (χ2v) is 7.87. The first kappa shape index (κ1) is 24.4. The van der Waals surface area contributed by atoms with Gasteiger partial charge in [0.15, 0.2) is 6.23 Å². The lowest BCUT2D eigenvalue weighted by molar-refractivity contribution is -0.0224. The topological polar surface area (TPSA) is 97.3 Å². The molecule has 33 heavy (non-hydrogen) atoms. The number of likely N-dealkylation sites (tertiary alicyclic amines) is 1. The van der Waals surface area contributed by atoms with Crippen LogP contribution in [0.2, 0.25) is 0 Å². The molecule has 2 amide bonds. The van der Waals surface area contributed by atoms with E-state index in [1.54, 1.807) is 24.3 Å². The van der Waals surface area contributed by atoms with E-state index in [0.29, 0.717) is 31.0 Å². The fraction of sp³-hybridized carbons (Fsp3) is 0.440. The van der Waals surface area contributed by atoms with Gasteiger partial charge >= 0.3 is 12.2 Å². The number of alkyl carbamates (subject to hydrolysis) is 1. The van der Waals surface area contributed by atoms with Crippen LogP contribution in [0.4, 0.5) is 9.59 Å². The fourth-order valence-corrected chi connectivity index (χ4v) is 3.54. The van der Waals surface area contributed by atoms with Gasteiger partial charge < -0.3 is 24.6 Å². The Bertz CT molecular complexity index is 859.